The lowest BCUT2D eigenvalue weighted by atomic mass is 10.0. The van der Waals surface area contributed by atoms with E-state index in [-0.39, 0.29) is 12.4 Å². The van der Waals surface area contributed by atoms with Crippen LogP contribution in [0.2, 0.25) is 0 Å². The van der Waals surface area contributed by atoms with Crippen molar-refractivity contribution in [2.45, 2.75) is 19.8 Å². The van der Waals surface area contributed by atoms with Crippen molar-refractivity contribution in [1.82, 2.24) is 5.32 Å². The quantitative estimate of drug-likeness (QED) is 0.919. The first-order valence-electron chi connectivity index (χ1n) is 5.85. The Morgan fingerprint density at radius 2 is 2.29 bits per heavy atom. The number of nitrogens with one attached hydrogen (secondary N) is 1. The minimum atomic E-state index is 0. The Kier molecular flexibility index (Phi) is 6.31. The van der Waals surface area contributed by atoms with Gasteiger partial charge in [0.2, 0.25) is 0 Å². The second-order valence-corrected chi connectivity index (χ2v) is 5.29. The number of rotatable bonds is 3. The number of hydrogen-bond acceptors (Lipinski definition) is 2. The first kappa shape index (κ1) is 14.8. The molecule has 0 aliphatic carbocycles. The third-order valence-electron chi connectivity index (χ3n) is 3.01. The summed E-state index contributed by atoms with van der Waals surface area (Å²) >= 11 is 3.49. The van der Waals surface area contributed by atoms with Gasteiger partial charge in [0.15, 0.2) is 0 Å². The summed E-state index contributed by atoms with van der Waals surface area (Å²) in [7, 11) is 0. The predicted octanol–water partition coefficient (Wildman–Crippen LogP) is 3.56. The van der Waals surface area contributed by atoms with Crippen LogP contribution in [0.5, 0.6) is 5.75 Å². The number of benzene rings is 1. The fraction of sp³-hybridized carbons (Fsp3) is 0.538. The number of piperidine rings is 1. The van der Waals surface area contributed by atoms with Gasteiger partial charge in [0.25, 0.3) is 0 Å². The monoisotopic (exact) mass is 319 g/mol. The maximum atomic E-state index is 5.82. The maximum absolute atomic E-state index is 5.82. The number of halogens is 2. The molecular weight excluding hydrogens is 302 g/mol. The molecule has 1 fully saturated rings. The van der Waals surface area contributed by atoms with Crippen molar-refractivity contribution in [3.63, 3.8) is 0 Å². The standard InChI is InChI=1S/C13H18BrNO.ClH/c1-10-7-12(4-5-13(10)14)16-9-11-3-2-6-15-8-11;/h4-5,7,11,15H,2-3,6,8-9H2,1H3;1H. The summed E-state index contributed by atoms with van der Waals surface area (Å²) in [5, 5.41) is 3.40. The van der Waals surface area contributed by atoms with Crippen molar-refractivity contribution < 1.29 is 4.74 Å². The third-order valence-corrected chi connectivity index (χ3v) is 3.90. The van der Waals surface area contributed by atoms with E-state index in [2.05, 4.69) is 34.2 Å². The molecule has 4 heteroatoms. The van der Waals surface area contributed by atoms with Crippen molar-refractivity contribution in [3.8, 4) is 5.75 Å². The molecule has 0 amide bonds. The number of aryl methyl sites for hydroxylation is 1. The van der Waals surface area contributed by atoms with Crippen LogP contribution in [0.25, 0.3) is 0 Å². The van der Waals surface area contributed by atoms with Gasteiger partial charge in [0.05, 0.1) is 6.61 Å². The normalized spacial score (nSPS) is 19.5. The first-order chi connectivity index (χ1) is 7.75. The second kappa shape index (κ2) is 7.24. The summed E-state index contributed by atoms with van der Waals surface area (Å²) < 4.78 is 6.96. The molecule has 0 aromatic heterocycles. The fourth-order valence-corrected chi connectivity index (χ4v) is 2.23. The Labute approximate surface area is 118 Å². The van der Waals surface area contributed by atoms with E-state index in [0.717, 1.165) is 29.9 Å². The zero-order valence-corrected chi connectivity index (χ0v) is 12.4. The van der Waals surface area contributed by atoms with Crippen LogP contribution in [0, 0.1) is 12.8 Å². The lowest BCUT2D eigenvalue weighted by molar-refractivity contribution is 0.218. The molecule has 17 heavy (non-hydrogen) atoms. The first-order valence-corrected chi connectivity index (χ1v) is 6.64. The molecule has 1 N–H and O–H groups in total. The number of hydrogen-bond donors (Lipinski definition) is 1. The molecule has 1 heterocycles. The Balaban J connectivity index is 0.00000144. The van der Waals surface area contributed by atoms with Crippen molar-refractivity contribution in [3.05, 3.63) is 28.2 Å². The molecule has 1 saturated heterocycles. The van der Waals surface area contributed by atoms with Crippen LogP contribution in [0.15, 0.2) is 22.7 Å². The average molecular weight is 321 g/mol. The molecule has 0 spiro atoms. The Morgan fingerprint density at radius 3 is 2.94 bits per heavy atom. The van der Waals surface area contributed by atoms with Gasteiger partial charge >= 0.3 is 0 Å². The van der Waals surface area contributed by atoms with Gasteiger partial charge in [-0.15, -0.1) is 12.4 Å². The Hall–Kier alpha value is -0.250. The van der Waals surface area contributed by atoms with Gasteiger partial charge in [-0.05, 0) is 50.1 Å². The molecular formula is C13H19BrClNO. The van der Waals surface area contributed by atoms with Gasteiger partial charge in [-0.25, -0.2) is 0 Å². The summed E-state index contributed by atoms with van der Waals surface area (Å²) in [6.07, 6.45) is 2.55. The zero-order chi connectivity index (χ0) is 11.4. The van der Waals surface area contributed by atoms with Crippen LogP contribution in [0.3, 0.4) is 0 Å². The maximum Gasteiger partial charge on any atom is 0.119 e. The lowest BCUT2D eigenvalue weighted by Crippen LogP contribution is -2.33. The Morgan fingerprint density at radius 1 is 1.47 bits per heavy atom. The lowest BCUT2D eigenvalue weighted by Gasteiger charge is -2.22. The topological polar surface area (TPSA) is 21.3 Å². The molecule has 2 nitrogen and oxygen atoms in total. The van der Waals surface area contributed by atoms with Crippen LogP contribution in [-0.2, 0) is 0 Å². The minimum Gasteiger partial charge on any atom is -0.493 e. The van der Waals surface area contributed by atoms with E-state index < -0.39 is 0 Å². The molecule has 1 aliphatic rings. The van der Waals surface area contributed by atoms with Gasteiger partial charge in [0.1, 0.15) is 5.75 Å². The number of ether oxygens (including phenoxy) is 1. The molecule has 1 aliphatic heterocycles. The SMILES string of the molecule is Cc1cc(OCC2CCCNC2)ccc1Br.Cl. The molecule has 1 unspecified atom stereocenters. The van der Waals surface area contributed by atoms with Gasteiger partial charge in [-0.2, -0.15) is 0 Å². The van der Waals surface area contributed by atoms with Gasteiger partial charge in [-0.1, -0.05) is 15.9 Å². The predicted molar refractivity (Wildman–Crippen MR) is 77.2 cm³/mol. The van der Waals surface area contributed by atoms with E-state index in [9.17, 15) is 0 Å². The molecule has 1 aromatic rings. The van der Waals surface area contributed by atoms with Crippen LogP contribution < -0.4 is 10.1 Å². The minimum absolute atomic E-state index is 0. The molecule has 0 radical (unpaired) electrons. The van der Waals surface area contributed by atoms with Gasteiger partial charge in [-0.3, -0.25) is 0 Å². The van der Waals surface area contributed by atoms with Crippen LogP contribution in [0.1, 0.15) is 18.4 Å². The molecule has 96 valence electrons. The highest BCUT2D eigenvalue weighted by Gasteiger charge is 2.13. The van der Waals surface area contributed by atoms with Gasteiger partial charge in [0, 0.05) is 16.9 Å². The highest BCUT2D eigenvalue weighted by atomic mass is 79.9. The molecule has 2 rings (SSSR count). The van der Waals surface area contributed by atoms with E-state index in [1.807, 2.05) is 12.1 Å². The van der Waals surface area contributed by atoms with Crippen LogP contribution >= 0.6 is 28.3 Å². The zero-order valence-electron chi connectivity index (χ0n) is 10.0. The van der Waals surface area contributed by atoms with E-state index in [4.69, 9.17) is 4.74 Å². The highest BCUT2D eigenvalue weighted by Crippen LogP contribution is 2.22. The molecule has 1 aromatic carbocycles. The fourth-order valence-electron chi connectivity index (χ4n) is 1.99. The van der Waals surface area contributed by atoms with Crippen LogP contribution in [-0.4, -0.2) is 19.7 Å². The second-order valence-electron chi connectivity index (χ2n) is 4.43. The molecule has 1 atom stereocenters. The van der Waals surface area contributed by atoms with E-state index in [1.165, 1.54) is 18.4 Å². The third kappa shape index (κ3) is 4.49. The van der Waals surface area contributed by atoms with E-state index in [0.29, 0.717) is 5.92 Å². The molecule has 0 bridgehead atoms. The highest BCUT2D eigenvalue weighted by molar-refractivity contribution is 9.10. The van der Waals surface area contributed by atoms with Crippen molar-refractivity contribution in [2.24, 2.45) is 5.92 Å². The summed E-state index contributed by atoms with van der Waals surface area (Å²) in [5.41, 5.74) is 1.22. The van der Waals surface area contributed by atoms with Gasteiger partial charge < -0.3 is 10.1 Å². The van der Waals surface area contributed by atoms with Crippen molar-refractivity contribution in [2.75, 3.05) is 19.7 Å². The average Bonchev–Trinajstić information content (AvgIpc) is 2.32. The van der Waals surface area contributed by atoms with Crippen molar-refractivity contribution in [1.29, 1.82) is 0 Å². The summed E-state index contributed by atoms with van der Waals surface area (Å²) in [6.45, 7) is 5.16. The van der Waals surface area contributed by atoms with Crippen LogP contribution in [0.4, 0.5) is 0 Å². The van der Waals surface area contributed by atoms with Crippen molar-refractivity contribution >= 4 is 28.3 Å². The van der Waals surface area contributed by atoms with E-state index in [1.54, 1.807) is 0 Å². The summed E-state index contributed by atoms with van der Waals surface area (Å²) in [6, 6.07) is 6.15. The molecule has 0 saturated carbocycles. The Bertz CT molecular complexity index is 353. The van der Waals surface area contributed by atoms with E-state index >= 15 is 0 Å². The smallest absolute Gasteiger partial charge is 0.119 e. The largest absolute Gasteiger partial charge is 0.493 e. The summed E-state index contributed by atoms with van der Waals surface area (Å²) in [4.78, 5) is 0. The summed E-state index contributed by atoms with van der Waals surface area (Å²) in [5.74, 6) is 1.64.